The molecule has 0 saturated heterocycles. The van der Waals surface area contributed by atoms with Crippen molar-refractivity contribution in [3.63, 3.8) is 0 Å². The van der Waals surface area contributed by atoms with Crippen LogP contribution in [0.15, 0.2) is 23.8 Å². The first-order valence-electron chi connectivity index (χ1n) is 9.22. The molecular formula is C21H28N2O3. The summed E-state index contributed by atoms with van der Waals surface area (Å²) in [6, 6.07) is 7.53. The lowest BCUT2D eigenvalue weighted by molar-refractivity contribution is -0.118. The van der Waals surface area contributed by atoms with Gasteiger partial charge in [0.2, 0.25) is 0 Å². The molecule has 0 aliphatic heterocycles. The van der Waals surface area contributed by atoms with Crippen molar-refractivity contribution in [1.82, 2.24) is 5.32 Å². The molecule has 1 amide bonds. The zero-order valence-corrected chi connectivity index (χ0v) is 16.0. The highest BCUT2D eigenvalue weighted by atomic mass is 16.5. The first kappa shape index (κ1) is 19.8. The molecule has 1 aromatic rings. The van der Waals surface area contributed by atoms with Crippen LogP contribution in [-0.4, -0.2) is 25.2 Å². The SMILES string of the molecule is COc1cc(/C=C(\C#N)C(=O)N[C@H]2CCCC[C@@H]2C)ccc1OC(C)C. The molecule has 26 heavy (non-hydrogen) atoms. The minimum absolute atomic E-state index is 0.0308. The number of benzene rings is 1. The van der Waals surface area contributed by atoms with Gasteiger partial charge in [0, 0.05) is 6.04 Å². The maximum absolute atomic E-state index is 12.5. The standard InChI is InChI=1S/C21H28N2O3/c1-14(2)26-19-10-9-16(12-20(19)25-4)11-17(13-22)21(24)23-18-8-6-5-7-15(18)3/h9-12,14-15,18H,5-8H2,1-4H3,(H,23,24)/b17-11+/t15-,18-/m0/s1. The summed E-state index contributed by atoms with van der Waals surface area (Å²) in [5, 5.41) is 12.4. The number of hydrogen-bond acceptors (Lipinski definition) is 4. The van der Waals surface area contributed by atoms with Crippen LogP contribution in [0.2, 0.25) is 0 Å². The molecule has 5 nitrogen and oxygen atoms in total. The van der Waals surface area contributed by atoms with Crippen molar-refractivity contribution in [2.75, 3.05) is 7.11 Å². The van der Waals surface area contributed by atoms with Gasteiger partial charge in [-0.2, -0.15) is 5.26 Å². The lowest BCUT2D eigenvalue weighted by Crippen LogP contribution is -2.41. The summed E-state index contributed by atoms with van der Waals surface area (Å²) in [7, 11) is 1.57. The van der Waals surface area contributed by atoms with E-state index in [1.165, 1.54) is 6.42 Å². The maximum Gasteiger partial charge on any atom is 0.262 e. The van der Waals surface area contributed by atoms with E-state index < -0.39 is 0 Å². The van der Waals surface area contributed by atoms with E-state index >= 15 is 0 Å². The smallest absolute Gasteiger partial charge is 0.262 e. The number of carbonyl (C=O) groups excluding carboxylic acids is 1. The van der Waals surface area contributed by atoms with E-state index in [1.54, 1.807) is 25.3 Å². The topological polar surface area (TPSA) is 71.3 Å². The molecule has 1 aliphatic carbocycles. The Bertz CT molecular complexity index is 704. The van der Waals surface area contributed by atoms with Crippen LogP contribution < -0.4 is 14.8 Å². The Hall–Kier alpha value is -2.48. The highest BCUT2D eigenvalue weighted by molar-refractivity contribution is 6.01. The monoisotopic (exact) mass is 356 g/mol. The molecule has 140 valence electrons. The van der Waals surface area contributed by atoms with E-state index in [4.69, 9.17) is 9.47 Å². The van der Waals surface area contributed by atoms with Crippen molar-refractivity contribution in [2.24, 2.45) is 5.92 Å². The predicted molar refractivity (Wildman–Crippen MR) is 102 cm³/mol. The van der Waals surface area contributed by atoms with Crippen molar-refractivity contribution in [3.05, 3.63) is 29.3 Å². The second kappa shape index (κ2) is 9.28. The van der Waals surface area contributed by atoms with Crippen LogP contribution in [0.4, 0.5) is 0 Å². The van der Waals surface area contributed by atoms with Crippen LogP contribution in [0.1, 0.15) is 52.0 Å². The van der Waals surface area contributed by atoms with Crippen LogP contribution >= 0.6 is 0 Å². The lowest BCUT2D eigenvalue weighted by Gasteiger charge is -2.29. The van der Waals surface area contributed by atoms with Gasteiger partial charge in [-0.1, -0.05) is 25.8 Å². The average Bonchev–Trinajstić information content (AvgIpc) is 2.62. The van der Waals surface area contributed by atoms with Gasteiger partial charge in [-0.25, -0.2) is 0 Å². The number of methoxy groups -OCH3 is 1. The number of amides is 1. The Kier molecular flexibility index (Phi) is 7.08. The first-order valence-corrected chi connectivity index (χ1v) is 9.22. The molecule has 1 aromatic carbocycles. The Balaban J connectivity index is 2.16. The molecule has 1 fully saturated rings. The molecule has 0 heterocycles. The molecule has 0 spiro atoms. The van der Waals surface area contributed by atoms with Gasteiger partial charge >= 0.3 is 0 Å². The summed E-state index contributed by atoms with van der Waals surface area (Å²) in [4.78, 5) is 12.5. The first-order chi connectivity index (χ1) is 12.4. The molecule has 0 bridgehead atoms. The van der Waals surface area contributed by atoms with Gasteiger partial charge in [-0.3, -0.25) is 4.79 Å². The molecule has 1 saturated carbocycles. The van der Waals surface area contributed by atoms with Gasteiger partial charge in [0.25, 0.3) is 5.91 Å². The lowest BCUT2D eigenvalue weighted by atomic mass is 9.86. The predicted octanol–water partition coefficient (Wildman–Crippen LogP) is 4.08. The number of nitrogens with one attached hydrogen (secondary N) is 1. The van der Waals surface area contributed by atoms with Crippen molar-refractivity contribution >= 4 is 12.0 Å². The number of carbonyl (C=O) groups is 1. The third-order valence-corrected chi connectivity index (χ3v) is 4.65. The second-order valence-electron chi connectivity index (χ2n) is 7.09. The second-order valence-corrected chi connectivity index (χ2v) is 7.09. The zero-order valence-electron chi connectivity index (χ0n) is 16.0. The number of ether oxygens (including phenoxy) is 2. The Morgan fingerprint density at radius 2 is 2.04 bits per heavy atom. The summed E-state index contributed by atoms with van der Waals surface area (Å²) in [6.45, 7) is 6.04. The summed E-state index contributed by atoms with van der Waals surface area (Å²) < 4.78 is 11.1. The van der Waals surface area contributed by atoms with Crippen molar-refractivity contribution in [1.29, 1.82) is 5.26 Å². The fourth-order valence-electron chi connectivity index (χ4n) is 3.22. The zero-order chi connectivity index (χ0) is 19.1. The van der Waals surface area contributed by atoms with E-state index in [2.05, 4.69) is 12.2 Å². The van der Waals surface area contributed by atoms with Crippen molar-refractivity contribution in [2.45, 2.75) is 58.6 Å². The summed E-state index contributed by atoms with van der Waals surface area (Å²) >= 11 is 0. The van der Waals surface area contributed by atoms with Gasteiger partial charge in [0.1, 0.15) is 11.6 Å². The quantitative estimate of drug-likeness (QED) is 0.616. The average molecular weight is 356 g/mol. The van der Waals surface area contributed by atoms with Crippen LogP contribution in [0, 0.1) is 17.2 Å². The molecule has 5 heteroatoms. The van der Waals surface area contributed by atoms with E-state index in [0.717, 1.165) is 24.8 Å². The number of nitriles is 1. The van der Waals surface area contributed by atoms with Gasteiger partial charge in [0.05, 0.1) is 13.2 Å². The molecule has 2 rings (SSSR count). The maximum atomic E-state index is 12.5. The highest BCUT2D eigenvalue weighted by Crippen LogP contribution is 2.30. The fraction of sp³-hybridized carbons (Fsp3) is 0.524. The molecular weight excluding hydrogens is 328 g/mol. The van der Waals surface area contributed by atoms with Crippen LogP contribution in [0.25, 0.3) is 6.08 Å². The van der Waals surface area contributed by atoms with Crippen LogP contribution in [0.5, 0.6) is 11.5 Å². The Morgan fingerprint density at radius 3 is 2.65 bits per heavy atom. The minimum atomic E-state index is -0.312. The van der Waals surface area contributed by atoms with Gasteiger partial charge < -0.3 is 14.8 Å². The van der Waals surface area contributed by atoms with Crippen molar-refractivity contribution in [3.8, 4) is 17.6 Å². The highest BCUT2D eigenvalue weighted by Gasteiger charge is 2.24. The molecule has 0 unspecified atom stereocenters. The normalized spacial score (nSPS) is 20.4. The van der Waals surface area contributed by atoms with E-state index in [-0.39, 0.29) is 23.6 Å². The van der Waals surface area contributed by atoms with Gasteiger partial charge in [0.15, 0.2) is 11.5 Å². The molecule has 2 atom stereocenters. The number of nitrogens with zero attached hydrogens (tertiary/aromatic N) is 1. The molecule has 0 aromatic heterocycles. The van der Waals surface area contributed by atoms with E-state index in [9.17, 15) is 10.1 Å². The fourth-order valence-corrected chi connectivity index (χ4v) is 3.22. The minimum Gasteiger partial charge on any atom is -0.493 e. The molecule has 1 aliphatic rings. The van der Waals surface area contributed by atoms with Gasteiger partial charge in [-0.05, 0) is 56.4 Å². The van der Waals surface area contributed by atoms with Crippen LogP contribution in [-0.2, 0) is 4.79 Å². The largest absolute Gasteiger partial charge is 0.493 e. The van der Waals surface area contributed by atoms with Gasteiger partial charge in [-0.15, -0.1) is 0 Å². The van der Waals surface area contributed by atoms with E-state index in [1.807, 2.05) is 26.0 Å². The molecule has 1 N–H and O–H groups in total. The summed E-state index contributed by atoms with van der Waals surface area (Å²) in [5.74, 6) is 1.35. The summed E-state index contributed by atoms with van der Waals surface area (Å²) in [5.41, 5.74) is 0.823. The Morgan fingerprint density at radius 1 is 1.31 bits per heavy atom. The summed E-state index contributed by atoms with van der Waals surface area (Å²) in [6.07, 6.45) is 6.04. The van der Waals surface area contributed by atoms with E-state index in [0.29, 0.717) is 17.4 Å². The number of hydrogen-bond donors (Lipinski definition) is 1. The molecule has 0 radical (unpaired) electrons. The Labute approximate surface area is 156 Å². The van der Waals surface area contributed by atoms with Crippen LogP contribution in [0.3, 0.4) is 0 Å². The van der Waals surface area contributed by atoms with Crippen molar-refractivity contribution < 1.29 is 14.3 Å². The third kappa shape index (κ3) is 5.26. The number of rotatable bonds is 6. The third-order valence-electron chi connectivity index (χ3n) is 4.65.